The van der Waals surface area contributed by atoms with Gasteiger partial charge in [0.25, 0.3) is 0 Å². The maximum Gasteiger partial charge on any atom is 0.236 e. The van der Waals surface area contributed by atoms with E-state index in [1.54, 1.807) is 4.90 Å². The number of hydrogen-bond donors (Lipinski definition) is 1. The Kier molecular flexibility index (Phi) is 6.69. The maximum atomic E-state index is 12.3. The molecule has 2 aromatic carbocycles. The summed E-state index contributed by atoms with van der Waals surface area (Å²) < 4.78 is 0. The van der Waals surface area contributed by atoms with Crippen molar-refractivity contribution in [3.63, 3.8) is 0 Å². The van der Waals surface area contributed by atoms with Crippen molar-refractivity contribution in [1.29, 1.82) is 0 Å². The molecule has 0 unspecified atom stereocenters. The fourth-order valence-electron chi connectivity index (χ4n) is 2.14. The first-order valence-corrected chi connectivity index (χ1v) is 8.64. The van der Waals surface area contributed by atoms with Crippen molar-refractivity contribution in [2.45, 2.75) is 6.92 Å². The molecule has 0 radical (unpaired) electrons. The smallest absolute Gasteiger partial charge is 0.236 e. The summed E-state index contributed by atoms with van der Waals surface area (Å²) in [5, 5.41) is 2.81. The summed E-state index contributed by atoms with van der Waals surface area (Å²) in [6.07, 6.45) is 0. The van der Waals surface area contributed by atoms with Crippen molar-refractivity contribution in [2.24, 2.45) is 0 Å². The highest BCUT2D eigenvalue weighted by Crippen LogP contribution is 2.15. The summed E-state index contributed by atoms with van der Waals surface area (Å²) >= 11 is 1.32. The van der Waals surface area contributed by atoms with Crippen LogP contribution in [-0.4, -0.2) is 29.9 Å². The second kappa shape index (κ2) is 9.00. The van der Waals surface area contributed by atoms with Crippen molar-refractivity contribution >= 4 is 35.0 Å². The van der Waals surface area contributed by atoms with Crippen molar-refractivity contribution in [3.8, 4) is 0 Å². The Morgan fingerprint density at radius 1 is 0.957 bits per heavy atom. The third-order valence-electron chi connectivity index (χ3n) is 3.20. The van der Waals surface area contributed by atoms with Crippen LogP contribution in [0.1, 0.15) is 6.92 Å². The zero-order chi connectivity index (χ0) is 16.5. The Labute approximate surface area is 140 Å². The van der Waals surface area contributed by atoms with Crippen molar-refractivity contribution in [2.75, 3.05) is 28.3 Å². The van der Waals surface area contributed by atoms with Gasteiger partial charge in [0.1, 0.15) is 0 Å². The number of amides is 2. The van der Waals surface area contributed by atoms with Crippen LogP contribution in [-0.2, 0) is 9.59 Å². The van der Waals surface area contributed by atoms with Gasteiger partial charge >= 0.3 is 0 Å². The Bertz CT molecular complexity index is 632. The van der Waals surface area contributed by atoms with E-state index in [2.05, 4.69) is 5.32 Å². The van der Waals surface area contributed by atoms with Crippen LogP contribution in [0.5, 0.6) is 0 Å². The number of carbonyl (C=O) groups excluding carboxylic acids is 2. The number of carbonyl (C=O) groups is 2. The van der Waals surface area contributed by atoms with Gasteiger partial charge in [-0.1, -0.05) is 36.4 Å². The number of hydrogen-bond acceptors (Lipinski definition) is 3. The predicted molar refractivity (Wildman–Crippen MR) is 96.9 cm³/mol. The van der Waals surface area contributed by atoms with Crippen LogP contribution in [0.2, 0.25) is 0 Å². The first-order valence-electron chi connectivity index (χ1n) is 7.48. The van der Waals surface area contributed by atoms with Gasteiger partial charge < -0.3 is 10.2 Å². The molecule has 0 saturated carbocycles. The van der Waals surface area contributed by atoms with Crippen LogP contribution in [0.4, 0.5) is 11.4 Å². The molecule has 0 heterocycles. The number of benzene rings is 2. The quantitative estimate of drug-likeness (QED) is 0.847. The maximum absolute atomic E-state index is 12.3. The number of anilines is 2. The molecule has 0 aliphatic carbocycles. The lowest BCUT2D eigenvalue weighted by Gasteiger charge is -2.20. The molecule has 0 aliphatic heterocycles. The summed E-state index contributed by atoms with van der Waals surface area (Å²) in [5.41, 5.74) is 1.65. The predicted octanol–water partition coefficient (Wildman–Crippen LogP) is 3.41. The van der Waals surface area contributed by atoms with Crippen LogP contribution in [0, 0.1) is 0 Å². The van der Waals surface area contributed by atoms with Gasteiger partial charge in [-0.05, 0) is 31.2 Å². The molecule has 0 fully saturated rings. The zero-order valence-electron chi connectivity index (χ0n) is 13.1. The van der Waals surface area contributed by atoms with Gasteiger partial charge in [-0.15, -0.1) is 11.8 Å². The van der Waals surface area contributed by atoms with Crippen LogP contribution in [0.25, 0.3) is 0 Å². The van der Waals surface area contributed by atoms with Gasteiger partial charge in [0.05, 0.1) is 11.5 Å². The molecule has 0 aliphatic rings. The van der Waals surface area contributed by atoms with E-state index in [1.165, 1.54) is 11.8 Å². The molecule has 120 valence electrons. The van der Waals surface area contributed by atoms with Gasteiger partial charge in [0.2, 0.25) is 11.8 Å². The largest absolute Gasteiger partial charge is 0.325 e. The molecule has 0 bridgehead atoms. The van der Waals surface area contributed by atoms with Gasteiger partial charge in [-0.2, -0.15) is 0 Å². The standard InChI is InChI=1S/C18H20N2O2S/c1-2-20(16-11-7-4-8-12-16)18(22)14-23-13-17(21)19-15-9-5-3-6-10-15/h3-12H,2,13-14H2,1H3,(H,19,21). The minimum Gasteiger partial charge on any atom is -0.325 e. The van der Waals surface area contributed by atoms with Gasteiger partial charge in [-0.25, -0.2) is 0 Å². The minimum absolute atomic E-state index is 0.0104. The van der Waals surface area contributed by atoms with Gasteiger partial charge in [0.15, 0.2) is 0 Å². The number of nitrogens with zero attached hydrogens (tertiary/aromatic N) is 1. The van der Waals surface area contributed by atoms with E-state index in [0.29, 0.717) is 6.54 Å². The Hall–Kier alpha value is -2.27. The lowest BCUT2D eigenvalue weighted by Crippen LogP contribution is -2.32. The Balaban J connectivity index is 1.78. The molecule has 2 rings (SSSR count). The molecule has 2 amide bonds. The molecule has 5 heteroatoms. The number of nitrogens with one attached hydrogen (secondary N) is 1. The molecule has 0 saturated heterocycles. The molecular weight excluding hydrogens is 308 g/mol. The van der Waals surface area contributed by atoms with E-state index >= 15 is 0 Å². The Morgan fingerprint density at radius 3 is 2.17 bits per heavy atom. The fraction of sp³-hybridized carbons (Fsp3) is 0.222. The topological polar surface area (TPSA) is 49.4 Å². The van der Waals surface area contributed by atoms with E-state index in [0.717, 1.165) is 11.4 Å². The SMILES string of the molecule is CCN(C(=O)CSCC(=O)Nc1ccccc1)c1ccccc1. The summed E-state index contributed by atoms with van der Waals surface area (Å²) in [7, 11) is 0. The number of thioether (sulfide) groups is 1. The third kappa shape index (κ3) is 5.45. The van der Waals surface area contributed by atoms with Crippen LogP contribution < -0.4 is 10.2 Å². The second-order valence-electron chi connectivity index (χ2n) is 4.88. The van der Waals surface area contributed by atoms with Gasteiger partial charge in [0, 0.05) is 17.9 Å². The molecule has 0 spiro atoms. The zero-order valence-corrected chi connectivity index (χ0v) is 13.9. The Morgan fingerprint density at radius 2 is 1.57 bits per heavy atom. The molecular formula is C18H20N2O2S. The number of para-hydroxylation sites is 2. The van der Waals surface area contributed by atoms with E-state index in [1.807, 2.05) is 67.6 Å². The summed E-state index contributed by atoms with van der Waals surface area (Å²) in [4.78, 5) is 25.9. The number of rotatable bonds is 7. The highest BCUT2D eigenvalue weighted by atomic mass is 32.2. The lowest BCUT2D eigenvalue weighted by molar-refractivity contribution is -0.116. The molecule has 23 heavy (non-hydrogen) atoms. The van der Waals surface area contributed by atoms with Crippen molar-refractivity contribution < 1.29 is 9.59 Å². The first kappa shape index (κ1) is 17.1. The molecule has 1 N–H and O–H groups in total. The van der Waals surface area contributed by atoms with Crippen LogP contribution in [0.15, 0.2) is 60.7 Å². The van der Waals surface area contributed by atoms with Gasteiger partial charge in [-0.3, -0.25) is 9.59 Å². The first-order chi connectivity index (χ1) is 11.2. The summed E-state index contributed by atoms with van der Waals surface area (Å²) in [5.74, 6) is 0.450. The molecule has 0 atom stereocenters. The van der Waals surface area contributed by atoms with Crippen LogP contribution in [0.3, 0.4) is 0 Å². The summed E-state index contributed by atoms with van der Waals surface area (Å²) in [6.45, 7) is 2.55. The normalized spacial score (nSPS) is 10.1. The molecule has 4 nitrogen and oxygen atoms in total. The molecule has 2 aromatic rings. The van der Waals surface area contributed by atoms with E-state index in [4.69, 9.17) is 0 Å². The van der Waals surface area contributed by atoms with Crippen molar-refractivity contribution in [3.05, 3.63) is 60.7 Å². The summed E-state index contributed by atoms with van der Waals surface area (Å²) in [6, 6.07) is 18.9. The minimum atomic E-state index is -0.100. The van der Waals surface area contributed by atoms with E-state index in [9.17, 15) is 9.59 Å². The fourth-order valence-corrected chi connectivity index (χ4v) is 2.83. The van der Waals surface area contributed by atoms with E-state index in [-0.39, 0.29) is 23.3 Å². The highest BCUT2D eigenvalue weighted by molar-refractivity contribution is 8.00. The monoisotopic (exact) mass is 328 g/mol. The average molecular weight is 328 g/mol. The van der Waals surface area contributed by atoms with E-state index < -0.39 is 0 Å². The second-order valence-corrected chi connectivity index (χ2v) is 5.87. The lowest BCUT2D eigenvalue weighted by atomic mass is 10.3. The highest BCUT2D eigenvalue weighted by Gasteiger charge is 2.14. The molecule has 0 aromatic heterocycles. The third-order valence-corrected chi connectivity index (χ3v) is 4.12. The average Bonchev–Trinajstić information content (AvgIpc) is 2.57. The van der Waals surface area contributed by atoms with Crippen LogP contribution >= 0.6 is 11.8 Å². The van der Waals surface area contributed by atoms with Crippen molar-refractivity contribution in [1.82, 2.24) is 0 Å².